The smallest absolute Gasteiger partial charge is 0.178 e. The van der Waals surface area contributed by atoms with Gasteiger partial charge in [0, 0.05) is 10.9 Å². The molecule has 2 aromatic heterocycles. The second-order valence-corrected chi connectivity index (χ2v) is 6.34. The number of H-pyrrole nitrogens is 1. The van der Waals surface area contributed by atoms with Crippen LogP contribution in [0.25, 0.3) is 11.0 Å². The number of hydrogen-bond acceptors (Lipinski definition) is 3. The van der Waals surface area contributed by atoms with Crippen molar-refractivity contribution in [2.24, 2.45) is 0 Å². The molecule has 0 fully saturated rings. The Morgan fingerprint density at radius 1 is 1.53 bits per heavy atom. The maximum atomic E-state index is 13.5. The van der Waals surface area contributed by atoms with E-state index < -0.39 is 0 Å². The molecule has 0 saturated carbocycles. The van der Waals surface area contributed by atoms with E-state index in [1.165, 1.54) is 6.07 Å². The molecule has 0 atom stereocenters. The molecule has 0 bridgehead atoms. The Kier molecular flexibility index (Phi) is 3.28. The average molecular weight is 358 g/mol. The zero-order valence-electron chi connectivity index (χ0n) is 9.91. The Labute approximate surface area is 126 Å². The van der Waals surface area contributed by atoms with Gasteiger partial charge in [0.1, 0.15) is 5.82 Å². The van der Waals surface area contributed by atoms with Crippen LogP contribution in [0, 0.1) is 17.5 Å². The first kappa shape index (κ1) is 13.0. The molecule has 3 rings (SSSR count). The highest BCUT2D eigenvalue weighted by Crippen LogP contribution is 2.25. The van der Waals surface area contributed by atoms with E-state index in [1.54, 1.807) is 17.4 Å². The molecule has 0 aliphatic rings. The third-order valence-electron chi connectivity index (χ3n) is 2.96. The number of aromatic nitrogens is 3. The highest BCUT2D eigenvalue weighted by Gasteiger charge is 2.11. The monoisotopic (exact) mass is 357 g/mol. The maximum Gasteiger partial charge on any atom is 0.178 e. The molecule has 1 N–H and O–H groups in total. The molecule has 3 aromatic rings. The number of benzene rings is 1. The molecule has 0 unspecified atom stereocenters. The van der Waals surface area contributed by atoms with E-state index in [9.17, 15) is 4.39 Å². The minimum Gasteiger partial charge on any atom is -0.330 e. The van der Waals surface area contributed by atoms with Crippen LogP contribution in [0.3, 0.4) is 0 Å². The molecule has 3 nitrogen and oxygen atoms in total. The first-order valence-corrected chi connectivity index (χ1v) is 7.61. The number of hydrogen-bond donors (Lipinski definition) is 1. The van der Waals surface area contributed by atoms with Gasteiger partial charge in [-0.15, -0.1) is 11.3 Å². The lowest BCUT2D eigenvalue weighted by Crippen LogP contribution is -1.99. The summed E-state index contributed by atoms with van der Waals surface area (Å²) in [7, 11) is 0. The van der Waals surface area contributed by atoms with Crippen molar-refractivity contribution in [3.05, 3.63) is 43.3 Å². The highest BCUT2D eigenvalue weighted by atomic mass is 79.9. The predicted octanol–water partition coefficient (Wildman–Crippen LogP) is 4.41. The fourth-order valence-electron chi connectivity index (χ4n) is 1.93. The predicted molar refractivity (Wildman–Crippen MR) is 80.7 cm³/mol. The topological polar surface area (TPSA) is 33.6 Å². The molecule has 0 saturated heterocycles. The molecule has 0 amide bonds. The number of nitrogens with zero attached hydrogens (tertiary/aromatic N) is 2. The number of imidazole rings is 1. The van der Waals surface area contributed by atoms with Gasteiger partial charge in [0.25, 0.3) is 0 Å². The Balaban J connectivity index is 2.18. The number of fused-ring (bicyclic) bond motifs is 1. The van der Waals surface area contributed by atoms with E-state index in [0.717, 1.165) is 16.1 Å². The molecule has 0 aliphatic carbocycles. The van der Waals surface area contributed by atoms with E-state index in [4.69, 9.17) is 12.2 Å². The van der Waals surface area contributed by atoms with Crippen molar-refractivity contribution in [2.75, 3.05) is 0 Å². The summed E-state index contributed by atoms with van der Waals surface area (Å²) in [4.78, 5) is 8.41. The summed E-state index contributed by atoms with van der Waals surface area (Å²) in [6.45, 7) is 2.62. The lowest BCUT2D eigenvalue weighted by atomic mass is 10.3. The molecule has 19 heavy (non-hydrogen) atoms. The van der Waals surface area contributed by atoms with E-state index in [1.807, 2.05) is 17.0 Å². The van der Waals surface area contributed by atoms with Gasteiger partial charge in [-0.1, -0.05) is 0 Å². The second kappa shape index (κ2) is 4.81. The lowest BCUT2D eigenvalue weighted by Gasteiger charge is -2.04. The minimum atomic E-state index is -0.301. The van der Waals surface area contributed by atoms with Crippen LogP contribution in [0.15, 0.2) is 22.1 Å². The van der Waals surface area contributed by atoms with Gasteiger partial charge in [0.15, 0.2) is 4.77 Å². The molecule has 0 radical (unpaired) electrons. The van der Waals surface area contributed by atoms with E-state index in [0.29, 0.717) is 21.3 Å². The maximum absolute atomic E-state index is 13.5. The largest absolute Gasteiger partial charge is 0.330 e. The molecule has 0 spiro atoms. The number of thiazole rings is 1. The summed E-state index contributed by atoms with van der Waals surface area (Å²) in [6.07, 6.45) is 0. The van der Waals surface area contributed by atoms with Gasteiger partial charge in [-0.3, -0.25) is 0 Å². The third-order valence-corrected chi connectivity index (χ3v) is 4.81. The van der Waals surface area contributed by atoms with Crippen LogP contribution in [-0.2, 0) is 6.54 Å². The summed E-state index contributed by atoms with van der Waals surface area (Å²) in [5.41, 5.74) is 4.40. The van der Waals surface area contributed by atoms with Crippen molar-refractivity contribution in [2.45, 2.75) is 13.5 Å². The second-order valence-electron chi connectivity index (χ2n) is 4.16. The first-order chi connectivity index (χ1) is 9.06. The van der Waals surface area contributed by atoms with Crippen LogP contribution in [0.2, 0.25) is 0 Å². The minimum absolute atomic E-state index is 0.301. The Hall–Kier alpha value is -1.05. The number of aromatic amines is 1. The SMILES string of the molecule is Cc1ncsc1Cn1c(=S)[nH]c2cc(F)c(Br)cc21. The molecule has 1 aromatic carbocycles. The van der Waals surface area contributed by atoms with Crippen LogP contribution in [0.5, 0.6) is 0 Å². The Morgan fingerprint density at radius 2 is 2.32 bits per heavy atom. The van der Waals surface area contributed by atoms with Crippen LogP contribution in [-0.4, -0.2) is 14.5 Å². The zero-order chi connectivity index (χ0) is 13.6. The summed E-state index contributed by atoms with van der Waals surface area (Å²) in [6, 6.07) is 3.19. The Bertz CT molecular complexity index is 818. The number of nitrogens with one attached hydrogen (secondary N) is 1. The van der Waals surface area contributed by atoms with Crippen molar-refractivity contribution in [3.63, 3.8) is 0 Å². The van der Waals surface area contributed by atoms with E-state index in [-0.39, 0.29) is 5.82 Å². The first-order valence-electron chi connectivity index (χ1n) is 5.53. The van der Waals surface area contributed by atoms with Crippen LogP contribution < -0.4 is 0 Å². The number of halogens is 2. The summed E-state index contributed by atoms with van der Waals surface area (Å²) >= 11 is 10.1. The third kappa shape index (κ3) is 2.26. The number of rotatable bonds is 2. The zero-order valence-corrected chi connectivity index (χ0v) is 13.1. The quantitative estimate of drug-likeness (QED) is 0.689. The van der Waals surface area contributed by atoms with E-state index >= 15 is 0 Å². The summed E-state index contributed by atoms with van der Waals surface area (Å²) in [5.74, 6) is -0.301. The van der Waals surface area contributed by atoms with Gasteiger partial charge in [0.05, 0.1) is 33.3 Å². The van der Waals surface area contributed by atoms with Gasteiger partial charge < -0.3 is 9.55 Å². The van der Waals surface area contributed by atoms with Crippen LogP contribution in [0.1, 0.15) is 10.6 Å². The fourth-order valence-corrected chi connectivity index (χ4v) is 3.30. The number of aryl methyl sites for hydroxylation is 1. The average Bonchev–Trinajstić information content (AvgIpc) is 2.88. The normalized spacial score (nSPS) is 11.3. The van der Waals surface area contributed by atoms with Crippen LogP contribution in [0.4, 0.5) is 4.39 Å². The molecule has 2 heterocycles. The lowest BCUT2D eigenvalue weighted by molar-refractivity contribution is 0.622. The van der Waals surface area contributed by atoms with Gasteiger partial charge >= 0.3 is 0 Å². The van der Waals surface area contributed by atoms with Gasteiger partial charge in [-0.2, -0.15) is 0 Å². The van der Waals surface area contributed by atoms with Gasteiger partial charge in [-0.25, -0.2) is 9.37 Å². The standard InChI is InChI=1S/C12H9BrFN3S2/c1-6-11(19-5-15-6)4-17-10-2-7(13)8(14)3-9(10)16-12(17)18/h2-3,5H,4H2,1H3,(H,16,18). The van der Waals surface area contributed by atoms with Crippen molar-refractivity contribution in [1.82, 2.24) is 14.5 Å². The van der Waals surface area contributed by atoms with Crippen molar-refractivity contribution < 1.29 is 4.39 Å². The van der Waals surface area contributed by atoms with Crippen molar-refractivity contribution >= 4 is 50.5 Å². The van der Waals surface area contributed by atoms with Crippen molar-refractivity contribution in [3.8, 4) is 0 Å². The molecular weight excluding hydrogens is 349 g/mol. The highest BCUT2D eigenvalue weighted by molar-refractivity contribution is 9.10. The van der Waals surface area contributed by atoms with Gasteiger partial charge in [0.2, 0.25) is 0 Å². The molecule has 0 aliphatic heterocycles. The summed E-state index contributed by atoms with van der Waals surface area (Å²) in [5, 5.41) is 0. The molecular formula is C12H9BrFN3S2. The molecule has 98 valence electrons. The molecule has 7 heteroatoms. The van der Waals surface area contributed by atoms with Crippen molar-refractivity contribution in [1.29, 1.82) is 0 Å². The fraction of sp³-hybridized carbons (Fsp3) is 0.167. The van der Waals surface area contributed by atoms with Gasteiger partial charge in [-0.05, 0) is 41.1 Å². The van der Waals surface area contributed by atoms with E-state index in [2.05, 4.69) is 25.9 Å². The summed E-state index contributed by atoms with van der Waals surface area (Å²) < 4.78 is 16.5. The Morgan fingerprint density at radius 3 is 3.00 bits per heavy atom. The van der Waals surface area contributed by atoms with Crippen LogP contribution >= 0.6 is 39.5 Å².